The Labute approximate surface area is 159 Å². The molecule has 0 spiro atoms. The van der Waals surface area contributed by atoms with Crippen molar-refractivity contribution >= 4 is 50.8 Å². The van der Waals surface area contributed by atoms with Crippen molar-refractivity contribution in [3.8, 4) is 5.75 Å². The molecule has 0 aliphatic heterocycles. The van der Waals surface area contributed by atoms with Gasteiger partial charge in [0.25, 0.3) is 5.91 Å². The van der Waals surface area contributed by atoms with Gasteiger partial charge in [-0.3, -0.25) is 4.79 Å². The van der Waals surface area contributed by atoms with E-state index in [2.05, 4.69) is 15.8 Å². The third-order valence-electron chi connectivity index (χ3n) is 3.68. The summed E-state index contributed by atoms with van der Waals surface area (Å²) in [7, 11) is 1.65. The molecule has 1 aromatic heterocycles. The Balaban J connectivity index is 2.11. The van der Waals surface area contributed by atoms with Crippen molar-refractivity contribution in [2.75, 3.05) is 19.1 Å². The number of aryl methyl sites for hydroxylation is 1. The van der Waals surface area contributed by atoms with Crippen molar-refractivity contribution in [2.24, 2.45) is 4.99 Å². The molecule has 2 aromatic carbocycles. The third kappa shape index (κ3) is 4.08. The van der Waals surface area contributed by atoms with Crippen LogP contribution in [0.2, 0.25) is 5.02 Å². The number of aromatic nitrogens is 1. The first-order chi connectivity index (χ1) is 12.1. The first-order valence-electron chi connectivity index (χ1n) is 7.63. The molecule has 0 atom stereocenters. The number of nitrogens with zero attached hydrogens (tertiary/aromatic N) is 2. The van der Waals surface area contributed by atoms with Gasteiger partial charge in [-0.2, -0.15) is 16.8 Å². The second-order valence-electron chi connectivity index (χ2n) is 5.29. The van der Waals surface area contributed by atoms with E-state index in [0.29, 0.717) is 15.4 Å². The summed E-state index contributed by atoms with van der Waals surface area (Å²) < 4.78 is 8.47. The summed E-state index contributed by atoms with van der Waals surface area (Å²) in [6.45, 7) is 0.774. The average Bonchev–Trinajstić information content (AvgIpc) is 2.96. The van der Waals surface area contributed by atoms with Crippen LogP contribution in [0.4, 0.5) is 0 Å². The van der Waals surface area contributed by atoms with Gasteiger partial charge in [-0.05, 0) is 36.6 Å². The summed E-state index contributed by atoms with van der Waals surface area (Å²) in [6, 6.07) is 12.7. The zero-order chi connectivity index (χ0) is 17.8. The van der Waals surface area contributed by atoms with E-state index >= 15 is 0 Å². The van der Waals surface area contributed by atoms with Crippen LogP contribution in [0, 0.1) is 0 Å². The Hall–Kier alpha value is -1.76. The molecule has 1 heterocycles. The Morgan fingerprint density at radius 2 is 2.16 bits per heavy atom. The van der Waals surface area contributed by atoms with Crippen LogP contribution in [-0.2, 0) is 6.54 Å². The number of carbonyl (C=O) groups is 1. The van der Waals surface area contributed by atoms with Gasteiger partial charge in [0.05, 0.1) is 17.3 Å². The van der Waals surface area contributed by atoms with Crippen molar-refractivity contribution in [3.05, 3.63) is 57.9 Å². The second-order valence-corrected chi connectivity index (χ2v) is 7.72. The van der Waals surface area contributed by atoms with Crippen LogP contribution in [0.1, 0.15) is 10.4 Å². The van der Waals surface area contributed by atoms with Crippen molar-refractivity contribution in [3.63, 3.8) is 0 Å². The predicted molar refractivity (Wildman–Crippen MR) is 106 cm³/mol. The number of ether oxygens (including phenoxy) is 1. The molecule has 0 aliphatic carbocycles. The van der Waals surface area contributed by atoms with Gasteiger partial charge < -0.3 is 9.30 Å². The lowest BCUT2D eigenvalue weighted by atomic mass is 10.2. The summed E-state index contributed by atoms with van der Waals surface area (Å²) >= 11 is 9.23. The standard InChI is InChI=1S/C18H17ClN2O2S2/c1-23-14-6-7-16-15(11-14)21(8-9-24-2)18(25-16)20-17(22)12-4-3-5-13(19)10-12/h3-7,10-11H,8-9H2,1-2H3. The van der Waals surface area contributed by atoms with Gasteiger partial charge in [0.15, 0.2) is 4.80 Å². The molecule has 130 valence electrons. The Bertz CT molecular complexity index is 979. The van der Waals surface area contributed by atoms with E-state index in [4.69, 9.17) is 16.3 Å². The van der Waals surface area contributed by atoms with Crippen LogP contribution < -0.4 is 9.54 Å². The number of hydrogen-bond donors (Lipinski definition) is 0. The van der Waals surface area contributed by atoms with Gasteiger partial charge in [0.1, 0.15) is 5.75 Å². The monoisotopic (exact) mass is 392 g/mol. The molecular formula is C18H17ClN2O2S2. The molecule has 0 aliphatic rings. The molecular weight excluding hydrogens is 376 g/mol. The van der Waals surface area contributed by atoms with Crippen LogP contribution in [-0.4, -0.2) is 29.6 Å². The lowest BCUT2D eigenvalue weighted by Crippen LogP contribution is -2.18. The minimum Gasteiger partial charge on any atom is -0.497 e. The summed E-state index contributed by atoms with van der Waals surface area (Å²) in [5.74, 6) is 1.43. The van der Waals surface area contributed by atoms with Crippen molar-refractivity contribution < 1.29 is 9.53 Å². The van der Waals surface area contributed by atoms with Crippen molar-refractivity contribution in [1.82, 2.24) is 4.57 Å². The highest BCUT2D eigenvalue weighted by Gasteiger charge is 2.10. The summed E-state index contributed by atoms with van der Waals surface area (Å²) in [6.07, 6.45) is 2.06. The number of carbonyl (C=O) groups excluding carboxylic acids is 1. The van der Waals surface area contributed by atoms with E-state index in [9.17, 15) is 4.79 Å². The quantitative estimate of drug-likeness (QED) is 0.643. The maximum atomic E-state index is 12.5. The minimum atomic E-state index is -0.293. The van der Waals surface area contributed by atoms with Gasteiger partial charge in [0.2, 0.25) is 0 Å². The SMILES string of the molecule is COc1ccc2sc(=NC(=O)c3cccc(Cl)c3)n(CCSC)c2c1. The molecule has 4 nitrogen and oxygen atoms in total. The largest absolute Gasteiger partial charge is 0.497 e. The van der Waals surface area contributed by atoms with Gasteiger partial charge in [-0.15, -0.1) is 0 Å². The fraction of sp³-hybridized carbons (Fsp3) is 0.222. The highest BCUT2D eigenvalue weighted by Crippen LogP contribution is 2.23. The number of benzene rings is 2. The first-order valence-corrected chi connectivity index (χ1v) is 10.2. The van der Waals surface area contributed by atoms with Gasteiger partial charge >= 0.3 is 0 Å². The van der Waals surface area contributed by atoms with Crippen LogP contribution in [0.15, 0.2) is 47.5 Å². The van der Waals surface area contributed by atoms with Gasteiger partial charge in [0, 0.05) is 29.0 Å². The zero-order valence-corrected chi connectivity index (χ0v) is 16.2. The molecule has 0 saturated heterocycles. The lowest BCUT2D eigenvalue weighted by Gasteiger charge is -2.05. The van der Waals surface area contributed by atoms with E-state index in [1.807, 2.05) is 18.2 Å². The number of thiazole rings is 1. The predicted octanol–water partition coefficient (Wildman–Crippen LogP) is 4.47. The van der Waals surface area contributed by atoms with Crippen LogP contribution >= 0.6 is 34.7 Å². The molecule has 0 fully saturated rings. The molecule has 0 N–H and O–H groups in total. The summed E-state index contributed by atoms with van der Waals surface area (Å²) in [5, 5.41) is 0.525. The second kappa shape index (κ2) is 8.08. The van der Waals surface area contributed by atoms with E-state index in [1.165, 1.54) is 11.3 Å². The maximum Gasteiger partial charge on any atom is 0.279 e. The Morgan fingerprint density at radius 1 is 1.32 bits per heavy atom. The molecule has 1 amide bonds. The Kier molecular flexibility index (Phi) is 5.83. The summed E-state index contributed by atoms with van der Waals surface area (Å²) in [5.41, 5.74) is 1.51. The Morgan fingerprint density at radius 3 is 2.88 bits per heavy atom. The number of amides is 1. The first kappa shape index (κ1) is 18.0. The summed E-state index contributed by atoms with van der Waals surface area (Å²) in [4.78, 5) is 17.6. The highest BCUT2D eigenvalue weighted by molar-refractivity contribution is 7.98. The fourth-order valence-electron chi connectivity index (χ4n) is 2.43. The number of rotatable bonds is 5. The van der Waals surface area contributed by atoms with E-state index in [-0.39, 0.29) is 5.91 Å². The van der Waals surface area contributed by atoms with Crippen LogP contribution in [0.3, 0.4) is 0 Å². The molecule has 0 saturated carbocycles. The van der Waals surface area contributed by atoms with Crippen LogP contribution in [0.25, 0.3) is 10.2 Å². The average molecular weight is 393 g/mol. The van der Waals surface area contributed by atoms with Gasteiger partial charge in [-0.25, -0.2) is 0 Å². The highest BCUT2D eigenvalue weighted by atomic mass is 35.5. The molecule has 25 heavy (non-hydrogen) atoms. The molecule has 3 rings (SSSR count). The minimum absolute atomic E-state index is 0.293. The number of thioether (sulfide) groups is 1. The third-order valence-corrected chi connectivity index (χ3v) is 5.56. The smallest absolute Gasteiger partial charge is 0.279 e. The molecule has 0 radical (unpaired) electrons. The zero-order valence-electron chi connectivity index (χ0n) is 13.9. The van der Waals surface area contributed by atoms with E-state index in [0.717, 1.165) is 28.3 Å². The number of halogens is 1. The van der Waals surface area contributed by atoms with Gasteiger partial charge in [-0.1, -0.05) is 29.0 Å². The van der Waals surface area contributed by atoms with E-state index in [1.54, 1.807) is 43.1 Å². The van der Waals surface area contributed by atoms with Crippen molar-refractivity contribution in [1.29, 1.82) is 0 Å². The number of methoxy groups -OCH3 is 1. The topological polar surface area (TPSA) is 43.6 Å². The van der Waals surface area contributed by atoms with Crippen LogP contribution in [0.5, 0.6) is 5.75 Å². The molecule has 0 unspecified atom stereocenters. The van der Waals surface area contributed by atoms with Crippen molar-refractivity contribution in [2.45, 2.75) is 6.54 Å². The number of hydrogen-bond acceptors (Lipinski definition) is 4. The molecule has 3 aromatic rings. The molecule has 7 heteroatoms. The molecule has 0 bridgehead atoms. The number of fused-ring (bicyclic) bond motifs is 1. The maximum absolute atomic E-state index is 12.5. The van der Waals surface area contributed by atoms with E-state index < -0.39 is 0 Å². The fourth-order valence-corrected chi connectivity index (χ4v) is 4.02. The normalized spacial score (nSPS) is 11.9. The lowest BCUT2D eigenvalue weighted by molar-refractivity contribution is 0.0998.